The van der Waals surface area contributed by atoms with Gasteiger partial charge >= 0.3 is 6.18 Å². The van der Waals surface area contributed by atoms with Crippen LogP contribution in [0.25, 0.3) is 11.1 Å². The highest BCUT2D eigenvalue weighted by molar-refractivity contribution is 5.64. The summed E-state index contributed by atoms with van der Waals surface area (Å²) in [5.74, 6) is 0.658. The fourth-order valence-electron chi connectivity index (χ4n) is 3.98. The number of hydrogen-bond acceptors (Lipinski definition) is 5. The molecule has 0 aliphatic rings. The summed E-state index contributed by atoms with van der Waals surface area (Å²) in [7, 11) is 0. The average Bonchev–Trinajstić information content (AvgIpc) is 2.88. The summed E-state index contributed by atoms with van der Waals surface area (Å²) in [5.41, 5.74) is 2.43. The van der Waals surface area contributed by atoms with Crippen LogP contribution in [0.15, 0.2) is 72.8 Å². The lowest BCUT2D eigenvalue weighted by molar-refractivity contribution is -0.137. The second-order valence-corrected chi connectivity index (χ2v) is 8.99. The van der Waals surface area contributed by atoms with Gasteiger partial charge in [0.2, 0.25) is 0 Å². The predicted octanol–water partition coefficient (Wildman–Crippen LogP) is 6.35. The molecule has 0 spiro atoms. The lowest BCUT2D eigenvalue weighted by atomic mass is 10.0. The van der Waals surface area contributed by atoms with Gasteiger partial charge in [0.1, 0.15) is 18.1 Å². The first-order chi connectivity index (χ1) is 17.7. The molecule has 200 valence electrons. The number of benzene rings is 3. The third kappa shape index (κ3) is 8.86. The maximum atomic E-state index is 12.8. The Labute approximate surface area is 215 Å². The first-order valence-corrected chi connectivity index (χ1v) is 12.5. The van der Waals surface area contributed by atoms with Crippen LogP contribution in [0.1, 0.15) is 68.1 Å². The average molecular weight is 518 g/mol. The van der Waals surface area contributed by atoms with E-state index in [1.54, 1.807) is 0 Å². The van der Waals surface area contributed by atoms with E-state index in [-0.39, 0.29) is 19.1 Å². The van der Waals surface area contributed by atoms with Crippen molar-refractivity contribution in [2.24, 2.45) is 0 Å². The van der Waals surface area contributed by atoms with Crippen LogP contribution in [0.4, 0.5) is 13.2 Å². The number of unbranched alkanes of at least 4 members (excludes halogenated alkanes) is 2. The summed E-state index contributed by atoms with van der Waals surface area (Å²) in [6.45, 7) is 2.39. The Balaban J connectivity index is 1.69. The van der Waals surface area contributed by atoms with Crippen LogP contribution in [-0.4, -0.2) is 28.2 Å². The van der Waals surface area contributed by atoms with Gasteiger partial charge in [-0.25, -0.2) is 0 Å². The molecule has 3 aromatic rings. The monoisotopic (exact) mass is 517 g/mol. The van der Waals surface area contributed by atoms with Crippen LogP contribution in [0, 0.1) is 0 Å². The van der Waals surface area contributed by atoms with E-state index in [0.717, 1.165) is 48.9 Å². The highest BCUT2D eigenvalue weighted by Crippen LogP contribution is 2.32. The largest absolute Gasteiger partial charge is 0.486 e. The Morgan fingerprint density at radius 2 is 1.32 bits per heavy atom. The van der Waals surface area contributed by atoms with Crippen molar-refractivity contribution >= 4 is 0 Å². The van der Waals surface area contributed by atoms with E-state index in [0.29, 0.717) is 16.9 Å². The van der Waals surface area contributed by atoms with E-state index >= 15 is 0 Å². The summed E-state index contributed by atoms with van der Waals surface area (Å²) in [4.78, 5) is 0. The van der Waals surface area contributed by atoms with Crippen LogP contribution in [0.3, 0.4) is 0 Å². The minimum Gasteiger partial charge on any atom is -0.486 e. The summed E-state index contributed by atoms with van der Waals surface area (Å²) in [6.07, 6.45) is -2.86. The lowest BCUT2D eigenvalue weighted by Gasteiger charge is -2.21. The van der Waals surface area contributed by atoms with E-state index in [1.165, 1.54) is 12.1 Å². The topological polar surface area (TPSA) is 82.0 Å². The Hall–Kier alpha value is -2.91. The third-order valence-corrected chi connectivity index (χ3v) is 6.11. The summed E-state index contributed by atoms with van der Waals surface area (Å²) < 4.78 is 44.8. The number of rotatable bonds is 13. The number of nitrogens with one attached hydrogen (secondary N) is 1. The highest BCUT2D eigenvalue weighted by atomic mass is 19.4. The van der Waals surface area contributed by atoms with E-state index in [2.05, 4.69) is 12.2 Å². The Kier molecular flexibility index (Phi) is 10.5. The molecule has 0 aliphatic carbocycles. The molecule has 4 N–H and O–H groups in total. The lowest BCUT2D eigenvalue weighted by Crippen LogP contribution is -2.25. The van der Waals surface area contributed by atoms with Crippen LogP contribution in [0.2, 0.25) is 0 Å². The third-order valence-electron chi connectivity index (χ3n) is 6.11. The molecule has 0 saturated carbocycles. The zero-order valence-electron chi connectivity index (χ0n) is 20.8. The zero-order valence-corrected chi connectivity index (χ0v) is 20.8. The smallest absolute Gasteiger partial charge is 0.416 e. The standard InChI is InChI=1S/C29H34F3NO4/c1-2-3-4-5-26(22-6-8-23(9-7-22)28(36)33-19-18-27(34)35)37-25-16-12-21(13-17-25)20-10-14-24(15-11-20)29(30,31)32/h6-17,26-28,33-36H,2-5,18-19H2,1H3. The molecule has 0 saturated heterocycles. The second kappa shape index (κ2) is 13.6. The van der Waals surface area contributed by atoms with Crippen molar-refractivity contribution in [3.8, 4) is 16.9 Å². The number of ether oxygens (including phenoxy) is 1. The Morgan fingerprint density at radius 1 is 0.757 bits per heavy atom. The highest BCUT2D eigenvalue weighted by Gasteiger charge is 2.30. The SMILES string of the molecule is CCCCCC(Oc1ccc(-c2ccc(C(F)(F)F)cc2)cc1)c1ccc(C(O)NCCC(O)O)cc1. The summed E-state index contributed by atoms with van der Waals surface area (Å²) >= 11 is 0. The van der Waals surface area contributed by atoms with Gasteiger partial charge in [-0.15, -0.1) is 0 Å². The van der Waals surface area contributed by atoms with Crippen molar-refractivity contribution in [1.82, 2.24) is 5.32 Å². The van der Waals surface area contributed by atoms with Crippen LogP contribution in [0.5, 0.6) is 5.75 Å². The van der Waals surface area contributed by atoms with Crippen molar-refractivity contribution in [1.29, 1.82) is 0 Å². The first kappa shape index (κ1) is 28.7. The van der Waals surface area contributed by atoms with Crippen LogP contribution in [-0.2, 0) is 6.18 Å². The molecule has 0 bridgehead atoms. The maximum absolute atomic E-state index is 12.8. The minimum absolute atomic E-state index is 0.111. The summed E-state index contributed by atoms with van der Waals surface area (Å²) in [6, 6.07) is 19.8. The van der Waals surface area contributed by atoms with Crippen molar-refractivity contribution < 1.29 is 33.2 Å². The van der Waals surface area contributed by atoms with E-state index < -0.39 is 24.3 Å². The summed E-state index contributed by atoms with van der Waals surface area (Å²) in [5, 5.41) is 31.0. The van der Waals surface area contributed by atoms with Gasteiger partial charge in [-0.05, 0) is 59.4 Å². The van der Waals surface area contributed by atoms with Crippen molar-refractivity contribution in [3.63, 3.8) is 0 Å². The number of halogens is 3. The second-order valence-electron chi connectivity index (χ2n) is 8.99. The van der Waals surface area contributed by atoms with Crippen molar-refractivity contribution in [2.45, 2.75) is 63.8 Å². The first-order valence-electron chi connectivity index (χ1n) is 12.5. The molecule has 3 aromatic carbocycles. The predicted molar refractivity (Wildman–Crippen MR) is 137 cm³/mol. The normalized spacial score (nSPS) is 13.5. The fourth-order valence-corrected chi connectivity index (χ4v) is 3.98. The Morgan fingerprint density at radius 3 is 1.86 bits per heavy atom. The van der Waals surface area contributed by atoms with Gasteiger partial charge in [0.15, 0.2) is 6.29 Å². The minimum atomic E-state index is -4.36. The number of alkyl halides is 3. The number of hydrogen-bond donors (Lipinski definition) is 4. The van der Waals surface area contributed by atoms with Crippen molar-refractivity contribution in [2.75, 3.05) is 6.54 Å². The molecule has 0 aromatic heterocycles. The van der Waals surface area contributed by atoms with E-state index in [1.807, 2.05) is 48.5 Å². The van der Waals surface area contributed by atoms with Gasteiger partial charge in [-0.3, -0.25) is 5.32 Å². The number of aliphatic hydroxyl groups is 3. The van der Waals surface area contributed by atoms with Gasteiger partial charge < -0.3 is 20.1 Å². The molecule has 0 aliphatic heterocycles. The van der Waals surface area contributed by atoms with Gasteiger partial charge in [-0.2, -0.15) is 13.2 Å². The molecule has 8 heteroatoms. The van der Waals surface area contributed by atoms with Crippen molar-refractivity contribution in [3.05, 3.63) is 89.5 Å². The molecule has 0 radical (unpaired) electrons. The van der Waals surface area contributed by atoms with E-state index in [4.69, 9.17) is 14.9 Å². The van der Waals surface area contributed by atoms with Crippen LogP contribution < -0.4 is 10.1 Å². The molecule has 5 nitrogen and oxygen atoms in total. The van der Waals surface area contributed by atoms with Gasteiger partial charge in [0, 0.05) is 13.0 Å². The Bertz CT molecular complexity index is 1070. The molecular weight excluding hydrogens is 483 g/mol. The number of aliphatic hydroxyl groups excluding tert-OH is 2. The maximum Gasteiger partial charge on any atom is 0.416 e. The molecule has 0 heterocycles. The molecule has 2 unspecified atom stereocenters. The van der Waals surface area contributed by atoms with E-state index in [9.17, 15) is 18.3 Å². The van der Waals surface area contributed by atoms with Gasteiger partial charge in [-0.1, -0.05) is 68.3 Å². The molecular formula is C29H34F3NO4. The quantitative estimate of drug-likeness (QED) is 0.157. The molecule has 0 fully saturated rings. The molecule has 2 atom stereocenters. The molecule has 37 heavy (non-hydrogen) atoms. The molecule has 0 amide bonds. The fraction of sp³-hybridized carbons (Fsp3) is 0.379. The van der Waals surface area contributed by atoms with Crippen LogP contribution >= 0.6 is 0 Å². The van der Waals surface area contributed by atoms with Gasteiger partial charge in [0.05, 0.1) is 5.56 Å². The molecule has 3 rings (SSSR count). The zero-order chi connectivity index (χ0) is 26.8. The van der Waals surface area contributed by atoms with Gasteiger partial charge in [0.25, 0.3) is 0 Å².